The molecule has 2 aromatic rings. The van der Waals surface area contributed by atoms with Crippen molar-refractivity contribution in [1.82, 2.24) is 9.80 Å². The van der Waals surface area contributed by atoms with E-state index in [0.29, 0.717) is 18.7 Å². The fraction of sp³-hybridized carbons (Fsp3) is 0.500. The largest absolute Gasteiger partial charge is 0.337 e. The average Bonchev–Trinajstić information content (AvgIpc) is 3.33. The number of aryl methyl sites for hydroxylation is 1. The molecule has 0 bridgehead atoms. The monoisotopic (exact) mass is 468 g/mol. The first-order valence-corrected chi connectivity index (χ1v) is 12.3. The van der Waals surface area contributed by atoms with Gasteiger partial charge in [-0.3, -0.25) is 14.5 Å². The second-order valence-corrected chi connectivity index (χ2v) is 10.0. The molecule has 182 valence electrons. The molecule has 2 aliphatic rings. The smallest absolute Gasteiger partial charge is 0.226 e. The summed E-state index contributed by atoms with van der Waals surface area (Å²) in [6, 6.07) is 7.48. The van der Waals surface area contributed by atoms with Crippen LogP contribution in [0.5, 0.6) is 0 Å². The van der Waals surface area contributed by atoms with E-state index in [1.54, 1.807) is 12.1 Å². The van der Waals surface area contributed by atoms with E-state index in [0.717, 1.165) is 55.5 Å². The van der Waals surface area contributed by atoms with Crippen LogP contribution in [0.1, 0.15) is 65.2 Å². The molecule has 1 saturated carbocycles. The van der Waals surface area contributed by atoms with Crippen LogP contribution in [0, 0.1) is 31.4 Å². The van der Waals surface area contributed by atoms with Gasteiger partial charge >= 0.3 is 0 Å². The van der Waals surface area contributed by atoms with Crippen LogP contribution in [0.3, 0.4) is 0 Å². The zero-order valence-electron chi connectivity index (χ0n) is 20.4. The highest BCUT2D eigenvalue weighted by Crippen LogP contribution is 2.28. The van der Waals surface area contributed by atoms with Crippen molar-refractivity contribution in [3.63, 3.8) is 0 Å². The number of nitrogens with zero attached hydrogens (tertiary/aromatic N) is 2. The molecule has 1 heterocycles. The number of Topliss-reactive ketones (excluding diaryl/α,β-unsaturated/α-hetero) is 1. The second-order valence-electron chi connectivity index (χ2n) is 10.0. The van der Waals surface area contributed by atoms with Crippen LogP contribution in [0.2, 0.25) is 0 Å². The van der Waals surface area contributed by atoms with Crippen molar-refractivity contribution >= 4 is 11.7 Å². The van der Waals surface area contributed by atoms with E-state index in [9.17, 15) is 18.4 Å². The van der Waals surface area contributed by atoms with Crippen molar-refractivity contribution in [1.29, 1.82) is 0 Å². The molecule has 2 aromatic carbocycles. The van der Waals surface area contributed by atoms with Gasteiger partial charge in [-0.2, -0.15) is 0 Å². The van der Waals surface area contributed by atoms with Gasteiger partial charge in [0.25, 0.3) is 0 Å². The summed E-state index contributed by atoms with van der Waals surface area (Å²) < 4.78 is 28.7. The topological polar surface area (TPSA) is 40.6 Å². The summed E-state index contributed by atoms with van der Waals surface area (Å²) >= 11 is 0. The molecule has 1 amide bonds. The Morgan fingerprint density at radius 3 is 2.41 bits per heavy atom. The number of carbonyl (C=O) groups is 2. The quantitative estimate of drug-likeness (QED) is 0.545. The van der Waals surface area contributed by atoms with Gasteiger partial charge in [-0.15, -0.1) is 0 Å². The van der Waals surface area contributed by atoms with Crippen LogP contribution in [0.4, 0.5) is 8.78 Å². The minimum Gasteiger partial charge on any atom is -0.337 e. The van der Waals surface area contributed by atoms with Gasteiger partial charge in [0.2, 0.25) is 5.91 Å². The lowest BCUT2D eigenvalue weighted by molar-refractivity contribution is -0.140. The zero-order chi connectivity index (χ0) is 24.4. The van der Waals surface area contributed by atoms with Gasteiger partial charge in [-0.1, -0.05) is 24.5 Å². The molecule has 0 radical (unpaired) electrons. The van der Waals surface area contributed by atoms with E-state index in [1.807, 2.05) is 18.7 Å². The zero-order valence-corrected chi connectivity index (χ0v) is 20.4. The van der Waals surface area contributed by atoms with Crippen LogP contribution in [-0.2, 0) is 17.8 Å². The fourth-order valence-corrected chi connectivity index (χ4v) is 5.42. The number of amides is 1. The van der Waals surface area contributed by atoms with Crippen molar-refractivity contribution in [2.24, 2.45) is 5.92 Å². The summed E-state index contributed by atoms with van der Waals surface area (Å²) in [4.78, 5) is 29.9. The maximum atomic E-state index is 14.5. The summed E-state index contributed by atoms with van der Waals surface area (Å²) in [7, 11) is 0. The molecule has 1 aliphatic carbocycles. The first-order valence-electron chi connectivity index (χ1n) is 12.3. The van der Waals surface area contributed by atoms with Crippen molar-refractivity contribution in [2.45, 2.75) is 65.5 Å². The van der Waals surface area contributed by atoms with Gasteiger partial charge in [0.15, 0.2) is 5.78 Å². The van der Waals surface area contributed by atoms with Crippen LogP contribution in [0.25, 0.3) is 0 Å². The highest BCUT2D eigenvalue weighted by molar-refractivity contribution is 5.98. The Hall–Kier alpha value is -2.60. The summed E-state index contributed by atoms with van der Waals surface area (Å²) in [5.41, 5.74) is 3.13. The molecule has 0 spiro atoms. The highest BCUT2D eigenvalue weighted by atomic mass is 19.1. The molecule has 4 nitrogen and oxygen atoms in total. The third-order valence-electron chi connectivity index (χ3n) is 7.45. The molecule has 0 aromatic heterocycles. The van der Waals surface area contributed by atoms with Crippen molar-refractivity contribution in [2.75, 3.05) is 19.6 Å². The lowest BCUT2D eigenvalue weighted by atomic mass is 9.94. The Labute approximate surface area is 200 Å². The molecular formula is C28H34F2N2O2. The minimum atomic E-state index is -0.552. The lowest BCUT2D eigenvalue weighted by Crippen LogP contribution is -2.54. The van der Waals surface area contributed by atoms with E-state index in [1.165, 1.54) is 18.2 Å². The van der Waals surface area contributed by atoms with Crippen LogP contribution in [-0.4, -0.2) is 47.2 Å². The summed E-state index contributed by atoms with van der Waals surface area (Å²) in [5, 5.41) is 0. The van der Waals surface area contributed by atoms with Crippen molar-refractivity contribution in [3.05, 3.63) is 69.8 Å². The molecule has 0 N–H and O–H groups in total. The molecule has 6 heteroatoms. The molecular weight excluding hydrogens is 434 g/mol. The number of hydrogen-bond donors (Lipinski definition) is 0. The first kappa shape index (κ1) is 24.5. The van der Waals surface area contributed by atoms with E-state index in [-0.39, 0.29) is 35.6 Å². The normalized spacial score (nSPS) is 19.6. The SMILES string of the molecule is Cc1ccc(F)c(C(=O)Cc2cc(F)cc(CN3CCN(C(=O)C4CCCC4)[C@@H](C)C3)c2C)c1. The highest BCUT2D eigenvalue weighted by Gasteiger charge is 2.33. The third-order valence-corrected chi connectivity index (χ3v) is 7.45. The minimum absolute atomic E-state index is 0.0436. The fourth-order valence-electron chi connectivity index (χ4n) is 5.42. The first-order chi connectivity index (χ1) is 16.2. The van der Waals surface area contributed by atoms with E-state index in [4.69, 9.17) is 0 Å². The lowest BCUT2D eigenvalue weighted by Gasteiger charge is -2.41. The number of rotatable bonds is 6. The summed E-state index contributed by atoms with van der Waals surface area (Å²) in [6.07, 6.45) is 4.25. The van der Waals surface area contributed by atoms with Gasteiger partial charge in [-0.05, 0) is 74.6 Å². The molecule has 1 atom stereocenters. The van der Waals surface area contributed by atoms with Gasteiger partial charge in [0, 0.05) is 44.6 Å². The number of piperazine rings is 1. The van der Waals surface area contributed by atoms with Gasteiger partial charge in [-0.25, -0.2) is 8.78 Å². The maximum Gasteiger partial charge on any atom is 0.226 e. The van der Waals surface area contributed by atoms with Crippen LogP contribution < -0.4 is 0 Å². The number of halogens is 2. The van der Waals surface area contributed by atoms with Crippen LogP contribution in [0.15, 0.2) is 30.3 Å². The van der Waals surface area contributed by atoms with Gasteiger partial charge in [0.05, 0.1) is 5.56 Å². The number of carbonyl (C=O) groups excluding carboxylic acids is 2. The predicted octanol–water partition coefficient (Wildman–Crippen LogP) is 5.23. The molecule has 4 rings (SSSR count). The van der Waals surface area contributed by atoms with Gasteiger partial charge < -0.3 is 4.90 Å². The predicted molar refractivity (Wildman–Crippen MR) is 129 cm³/mol. The van der Waals surface area contributed by atoms with Crippen molar-refractivity contribution in [3.8, 4) is 0 Å². The number of hydrogen-bond acceptors (Lipinski definition) is 3. The molecule has 34 heavy (non-hydrogen) atoms. The van der Waals surface area contributed by atoms with Gasteiger partial charge in [0.1, 0.15) is 11.6 Å². The maximum absolute atomic E-state index is 14.5. The molecule has 0 unspecified atom stereocenters. The number of benzene rings is 2. The van der Waals surface area contributed by atoms with E-state index >= 15 is 0 Å². The summed E-state index contributed by atoms with van der Waals surface area (Å²) in [6.45, 7) is 8.50. The van der Waals surface area contributed by atoms with Crippen LogP contribution >= 0.6 is 0 Å². The summed E-state index contributed by atoms with van der Waals surface area (Å²) in [5.74, 6) is -0.831. The van der Waals surface area contributed by atoms with E-state index < -0.39 is 11.6 Å². The van der Waals surface area contributed by atoms with E-state index in [2.05, 4.69) is 11.8 Å². The second kappa shape index (κ2) is 10.3. The average molecular weight is 469 g/mol. The Morgan fingerprint density at radius 2 is 1.71 bits per heavy atom. The third kappa shape index (κ3) is 5.38. The standard InChI is InChI=1S/C28H34F2N2O2/c1-18-8-9-26(30)25(12-18)27(33)15-22-13-24(29)14-23(20(22)3)17-31-10-11-32(19(2)16-31)28(34)21-6-4-5-7-21/h8-9,12-14,19,21H,4-7,10-11,15-17H2,1-3H3/t19-/m0/s1. The molecule has 1 aliphatic heterocycles. The Morgan fingerprint density at radius 1 is 1.00 bits per heavy atom. The Kier molecular flexibility index (Phi) is 7.46. The molecule has 2 fully saturated rings. The number of ketones is 1. The molecule has 1 saturated heterocycles. The Bertz CT molecular complexity index is 1080. The van der Waals surface area contributed by atoms with Crippen molar-refractivity contribution < 1.29 is 18.4 Å². The Balaban J connectivity index is 1.44.